The average molecular weight is 542 g/mol. The number of nitrogens with zero attached hydrogens (tertiary/aromatic N) is 3. The lowest BCUT2D eigenvalue weighted by Gasteiger charge is -2.21. The topological polar surface area (TPSA) is 139 Å². The summed E-state index contributed by atoms with van der Waals surface area (Å²) in [5.74, 6) is 9.86. The third-order valence-electron chi connectivity index (χ3n) is 6.45. The SMILES string of the molecule is Cl.NNC(=O)c1cc(-c2ccc(C#Cc3ccc(C(=O)N4CCCC4C(=O)O)cc3)cc2)nc2ccncc12. The Morgan fingerprint density at radius 1 is 1.00 bits per heavy atom. The Kier molecular flexibility index (Phi) is 8.20. The number of carbonyl (C=O) groups excluding carboxylic acids is 2. The smallest absolute Gasteiger partial charge is 0.326 e. The summed E-state index contributed by atoms with van der Waals surface area (Å²) >= 11 is 0. The van der Waals surface area contributed by atoms with Crippen molar-refractivity contribution in [3.05, 3.63) is 95.3 Å². The van der Waals surface area contributed by atoms with Gasteiger partial charge in [-0.2, -0.15) is 0 Å². The molecule has 1 atom stereocenters. The fourth-order valence-corrected chi connectivity index (χ4v) is 4.48. The molecular weight excluding hydrogens is 518 g/mol. The molecule has 1 unspecified atom stereocenters. The minimum atomic E-state index is -0.973. The zero-order valence-electron chi connectivity index (χ0n) is 20.6. The molecule has 4 aromatic rings. The van der Waals surface area contributed by atoms with E-state index in [2.05, 4.69) is 27.2 Å². The number of hydrogen-bond donors (Lipinski definition) is 3. The maximum absolute atomic E-state index is 12.7. The van der Waals surface area contributed by atoms with Crippen molar-refractivity contribution in [3.63, 3.8) is 0 Å². The van der Waals surface area contributed by atoms with E-state index in [0.717, 1.165) is 16.7 Å². The highest BCUT2D eigenvalue weighted by atomic mass is 35.5. The first kappa shape index (κ1) is 27.3. The largest absolute Gasteiger partial charge is 0.480 e. The number of hydrogen-bond acceptors (Lipinski definition) is 6. The Morgan fingerprint density at radius 3 is 2.31 bits per heavy atom. The number of nitrogens with one attached hydrogen (secondary N) is 1. The van der Waals surface area contributed by atoms with Crippen LogP contribution < -0.4 is 11.3 Å². The molecule has 2 aromatic heterocycles. The Labute approximate surface area is 230 Å². The zero-order chi connectivity index (χ0) is 26.6. The van der Waals surface area contributed by atoms with Crippen molar-refractivity contribution in [3.8, 4) is 23.1 Å². The van der Waals surface area contributed by atoms with Gasteiger partial charge in [-0.15, -0.1) is 12.4 Å². The van der Waals surface area contributed by atoms with E-state index in [-0.39, 0.29) is 18.3 Å². The van der Waals surface area contributed by atoms with Crippen LogP contribution in [-0.2, 0) is 4.79 Å². The fraction of sp³-hybridized carbons (Fsp3) is 0.138. The molecule has 1 saturated heterocycles. The quantitative estimate of drug-likeness (QED) is 0.156. The summed E-state index contributed by atoms with van der Waals surface area (Å²) in [6.45, 7) is 0.445. The average Bonchev–Trinajstić information content (AvgIpc) is 3.46. The van der Waals surface area contributed by atoms with Crippen LogP contribution in [0.15, 0.2) is 73.1 Å². The minimum Gasteiger partial charge on any atom is -0.480 e. The number of benzene rings is 2. The number of rotatable bonds is 4. The van der Waals surface area contributed by atoms with Gasteiger partial charge in [-0.05, 0) is 61.4 Å². The van der Waals surface area contributed by atoms with Gasteiger partial charge in [-0.25, -0.2) is 15.6 Å². The molecule has 1 aliphatic rings. The lowest BCUT2D eigenvalue weighted by atomic mass is 10.0. The van der Waals surface area contributed by atoms with Gasteiger partial charge >= 0.3 is 5.97 Å². The molecule has 39 heavy (non-hydrogen) atoms. The number of halogens is 1. The summed E-state index contributed by atoms with van der Waals surface area (Å²) in [5, 5.41) is 9.94. The van der Waals surface area contributed by atoms with E-state index in [9.17, 15) is 19.5 Å². The number of nitrogens with two attached hydrogens (primary N) is 1. The Balaban J connectivity index is 0.00000353. The number of hydrazine groups is 1. The highest BCUT2D eigenvalue weighted by molar-refractivity contribution is 6.06. The molecule has 1 aliphatic heterocycles. The van der Waals surface area contributed by atoms with Crippen LogP contribution in [-0.4, -0.2) is 50.3 Å². The first-order valence-electron chi connectivity index (χ1n) is 12.0. The molecule has 9 nitrogen and oxygen atoms in total. The van der Waals surface area contributed by atoms with E-state index in [1.165, 1.54) is 4.90 Å². The summed E-state index contributed by atoms with van der Waals surface area (Å²) in [7, 11) is 0. The molecule has 196 valence electrons. The number of aromatic nitrogens is 2. The minimum absolute atomic E-state index is 0. The van der Waals surface area contributed by atoms with Crippen LogP contribution in [0.25, 0.3) is 22.2 Å². The van der Waals surface area contributed by atoms with Gasteiger partial charge in [-0.1, -0.05) is 24.0 Å². The van der Waals surface area contributed by atoms with Crippen LogP contribution in [0.1, 0.15) is 44.7 Å². The molecule has 3 heterocycles. The maximum Gasteiger partial charge on any atom is 0.326 e. The number of amides is 2. The molecule has 0 aliphatic carbocycles. The molecule has 4 N–H and O–H groups in total. The molecule has 2 amide bonds. The number of carboxylic acids is 1. The van der Waals surface area contributed by atoms with Crippen molar-refractivity contribution in [2.75, 3.05) is 6.54 Å². The fourth-order valence-electron chi connectivity index (χ4n) is 4.48. The lowest BCUT2D eigenvalue weighted by molar-refractivity contribution is -0.141. The molecular formula is C29H24ClN5O4. The van der Waals surface area contributed by atoms with E-state index in [1.54, 1.807) is 48.8 Å². The maximum atomic E-state index is 12.7. The second kappa shape index (κ2) is 11.7. The first-order valence-corrected chi connectivity index (χ1v) is 12.0. The number of aliphatic carboxylic acids is 1. The summed E-state index contributed by atoms with van der Waals surface area (Å²) < 4.78 is 0. The van der Waals surface area contributed by atoms with Gasteiger partial charge in [0, 0.05) is 46.6 Å². The zero-order valence-corrected chi connectivity index (χ0v) is 21.4. The van der Waals surface area contributed by atoms with Crippen molar-refractivity contribution in [2.45, 2.75) is 18.9 Å². The molecule has 0 spiro atoms. The van der Waals surface area contributed by atoms with E-state index < -0.39 is 17.9 Å². The standard InChI is InChI=1S/C29H23N5O4.ClH/c30-33-27(35)22-16-25(32-24-13-14-31-17-23(22)24)20-9-5-18(6-10-20)3-4-19-7-11-21(12-8-19)28(36)34-15-1-2-26(34)29(37)38;/h5-14,16-17,26H,1-2,15,30H2,(H,33,35)(H,37,38);1H. The van der Waals surface area contributed by atoms with Crippen LogP contribution in [0.2, 0.25) is 0 Å². The van der Waals surface area contributed by atoms with Crippen LogP contribution in [0.3, 0.4) is 0 Å². The third-order valence-corrected chi connectivity index (χ3v) is 6.45. The monoisotopic (exact) mass is 541 g/mol. The summed E-state index contributed by atoms with van der Waals surface area (Å²) in [4.78, 5) is 46.6. The molecule has 10 heteroatoms. The van der Waals surface area contributed by atoms with Crippen molar-refractivity contribution in [1.82, 2.24) is 20.3 Å². The van der Waals surface area contributed by atoms with Gasteiger partial charge in [0.2, 0.25) is 0 Å². The van der Waals surface area contributed by atoms with Gasteiger partial charge in [0.25, 0.3) is 11.8 Å². The number of pyridine rings is 2. The van der Waals surface area contributed by atoms with Gasteiger partial charge in [0.15, 0.2) is 0 Å². The summed E-state index contributed by atoms with van der Waals surface area (Å²) in [6.07, 6.45) is 4.35. The number of likely N-dealkylation sites (tertiary alicyclic amines) is 1. The Morgan fingerprint density at radius 2 is 1.67 bits per heavy atom. The van der Waals surface area contributed by atoms with Gasteiger partial charge in [0.1, 0.15) is 6.04 Å². The van der Waals surface area contributed by atoms with Crippen LogP contribution in [0.5, 0.6) is 0 Å². The lowest BCUT2D eigenvalue weighted by Crippen LogP contribution is -2.40. The predicted octanol–water partition coefficient (Wildman–Crippen LogP) is 3.41. The molecule has 0 saturated carbocycles. The van der Waals surface area contributed by atoms with Crippen molar-refractivity contribution in [2.24, 2.45) is 5.84 Å². The third kappa shape index (κ3) is 5.72. The summed E-state index contributed by atoms with van der Waals surface area (Å²) in [5.41, 5.74) is 6.55. The first-order chi connectivity index (χ1) is 18.4. The van der Waals surface area contributed by atoms with E-state index >= 15 is 0 Å². The van der Waals surface area contributed by atoms with E-state index in [4.69, 9.17) is 5.84 Å². The van der Waals surface area contributed by atoms with Crippen molar-refractivity contribution < 1.29 is 19.5 Å². The number of carboxylic acid groups (broad SMARTS) is 1. The Hall–Kier alpha value is -4.78. The number of fused-ring (bicyclic) bond motifs is 1. The van der Waals surface area contributed by atoms with Gasteiger partial charge < -0.3 is 10.0 Å². The second-order valence-corrected chi connectivity index (χ2v) is 8.82. The van der Waals surface area contributed by atoms with E-state index in [1.807, 2.05) is 24.3 Å². The molecule has 0 bridgehead atoms. The normalized spacial score (nSPS) is 14.2. The van der Waals surface area contributed by atoms with Gasteiger partial charge in [-0.3, -0.25) is 20.0 Å². The molecule has 2 aromatic carbocycles. The molecule has 0 radical (unpaired) electrons. The summed E-state index contributed by atoms with van der Waals surface area (Å²) in [6, 6.07) is 17.0. The van der Waals surface area contributed by atoms with Crippen molar-refractivity contribution >= 4 is 41.1 Å². The van der Waals surface area contributed by atoms with Crippen molar-refractivity contribution in [1.29, 1.82) is 0 Å². The van der Waals surface area contributed by atoms with Crippen LogP contribution in [0, 0.1) is 11.8 Å². The second-order valence-electron chi connectivity index (χ2n) is 8.82. The number of nitrogen functional groups attached to an aromatic ring is 1. The van der Waals surface area contributed by atoms with E-state index in [0.29, 0.717) is 47.1 Å². The molecule has 1 fully saturated rings. The van der Waals surface area contributed by atoms with Crippen LogP contribution >= 0.6 is 12.4 Å². The predicted molar refractivity (Wildman–Crippen MR) is 148 cm³/mol. The molecule has 5 rings (SSSR count). The highest BCUT2D eigenvalue weighted by Crippen LogP contribution is 2.25. The Bertz CT molecular complexity index is 1610. The van der Waals surface area contributed by atoms with Crippen LogP contribution in [0.4, 0.5) is 0 Å². The number of carbonyl (C=O) groups is 3. The highest BCUT2D eigenvalue weighted by Gasteiger charge is 2.34. The van der Waals surface area contributed by atoms with Gasteiger partial charge in [0.05, 0.1) is 16.8 Å².